The second-order valence-electron chi connectivity index (χ2n) is 7.43. The molecule has 0 spiro atoms. The van der Waals surface area contributed by atoms with Crippen LogP contribution in [0.25, 0.3) is 0 Å². The second-order valence-corrected chi connectivity index (χ2v) is 9.44. The van der Waals surface area contributed by atoms with Gasteiger partial charge in [0.25, 0.3) is 10.0 Å². The van der Waals surface area contributed by atoms with Crippen LogP contribution in [0.15, 0.2) is 29.3 Å². The molecule has 27 heavy (non-hydrogen) atoms. The van der Waals surface area contributed by atoms with Gasteiger partial charge in [-0.05, 0) is 26.8 Å². The first-order valence-corrected chi connectivity index (χ1v) is 9.92. The van der Waals surface area contributed by atoms with Crippen LogP contribution in [0.3, 0.4) is 0 Å². The third-order valence-corrected chi connectivity index (χ3v) is 6.35. The number of carbonyl (C=O) groups excluding carboxylic acids is 1. The number of fused-ring (bicyclic) bond motifs is 1. The highest BCUT2D eigenvalue weighted by Gasteiger charge is 2.58. The van der Waals surface area contributed by atoms with E-state index in [9.17, 15) is 17.6 Å². The molecule has 2 unspecified atom stereocenters. The van der Waals surface area contributed by atoms with E-state index < -0.39 is 38.5 Å². The first-order valence-electron chi connectivity index (χ1n) is 8.41. The zero-order valence-corrected chi connectivity index (χ0v) is 16.3. The number of benzene rings is 1. The minimum atomic E-state index is -4.06. The molecule has 2 heterocycles. The summed E-state index contributed by atoms with van der Waals surface area (Å²) in [6.07, 6.45) is -0.699. The lowest BCUT2D eigenvalue weighted by atomic mass is 9.89. The number of aliphatic imine (C=N–C) groups is 1. The van der Waals surface area contributed by atoms with Gasteiger partial charge in [-0.1, -0.05) is 18.2 Å². The van der Waals surface area contributed by atoms with Crippen LogP contribution in [0.1, 0.15) is 32.8 Å². The molecule has 1 fully saturated rings. The summed E-state index contributed by atoms with van der Waals surface area (Å²) in [6.45, 7) is 5.13. The van der Waals surface area contributed by atoms with Crippen LogP contribution >= 0.6 is 0 Å². The first-order chi connectivity index (χ1) is 12.5. The quantitative estimate of drug-likeness (QED) is 0.778. The summed E-state index contributed by atoms with van der Waals surface area (Å²) in [4.78, 5) is 16.6. The number of carbonyl (C=O) groups is 1. The Bertz CT molecular complexity index is 896. The van der Waals surface area contributed by atoms with Crippen LogP contribution in [-0.4, -0.2) is 49.5 Å². The molecule has 1 aromatic rings. The molecule has 0 aromatic heterocycles. The highest BCUT2D eigenvalue weighted by molar-refractivity contribution is 7.90. The lowest BCUT2D eigenvalue weighted by molar-refractivity contribution is 0.0557. The molecule has 0 bridgehead atoms. The number of hydrogen-bond acceptors (Lipinski definition) is 6. The van der Waals surface area contributed by atoms with Gasteiger partial charge in [-0.2, -0.15) is 0 Å². The van der Waals surface area contributed by atoms with E-state index in [2.05, 4.69) is 10.3 Å². The number of guanidine groups is 1. The molecule has 1 N–H and O–H groups in total. The SMILES string of the molecule is CN1C(NC(=O)OC(C)(C)C)=NC2(c3ccccc3F)CCOC2S1(=O)=O. The Labute approximate surface area is 157 Å². The fourth-order valence-corrected chi connectivity index (χ4v) is 4.85. The number of rotatable bonds is 1. The molecule has 148 valence electrons. The maximum absolute atomic E-state index is 14.5. The standard InChI is InChI=1S/C17H22FN3O5S/c1-16(2,3)26-15(22)19-14-20-17(11-7-5-6-8-12(11)18)9-10-25-13(17)27(23,24)21(14)4/h5-8,13H,9-10H2,1-4H3,(H,19,20,22). The Balaban J connectivity index is 2.09. The van der Waals surface area contributed by atoms with Gasteiger partial charge in [0.15, 0.2) is 0 Å². The Morgan fingerprint density at radius 3 is 2.70 bits per heavy atom. The van der Waals surface area contributed by atoms with Crippen LogP contribution in [0.2, 0.25) is 0 Å². The molecule has 2 aliphatic heterocycles. The predicted molar refractivity (Wildman–Crippen MR) is 95.9 cm³/mol. The van der Waals surface area contributed by atoms with Crippen molar-refractivity contribution in [2.24, 2.45) is 4.99 Å². The van der Waals surface area contributed by atoms with Gasteiger partial charge in [-0.15, -0.1) is 0 Å². The van der Waals surface area contributed by atoms with Crippen molar-refractivity contribution in [3.05, 3.63) is 35.6 Å². The molecular weight excluding hydrogens is 377 g/mol. The maximum atomic E-state index is 14.5. The fourth-order valence-electron chi connectivity index (χ4n) is 3.18. The van der Waals surface area contributed by atoms with E-state index in [0.717, 1.165) is 4.31 Å². The fraction of sp³-hybridized carbons (Fsp3) is 0.529. The van der Waals surface area contributed by atoms with Gasteiger partial charge in [-0.25, -0.2) is 26.9 Å². The number of halogens is 1. The highest BCUT2D eigenvalue weighted by atomic mass is 32.2. The van der Waals surface area contributed by atoms with Gasteiger partial charge in [0.2, 0.25) is 11.4 Å². The van der Waals surface area contributed by atoms with Gasteiger partial charge in [-0.3, -0.25) is 5.32 Å². The van der Waals surface area contributed by atoms with Crippen LogP contribution in [0, 0.1) is 5.82 Å². The Morgan fingerprint density at radius 1 is 1.41 bits per heavy atom. The molecule has 1 amide bonds. The number of nitrogens with one attached hydrogen (secondary N) is 1. The molecule has 2 atom stereocenters. The van der Waals surface area contributed by atoms with E-state index in [4.69, 9.17) is 9.47 Å². The molecule has 0 aliphatic carbocycles. The van der Waals surface area contributed by atoms with Crippen molar-refractivity contribution < 1.29 is 27.1 Å². The summed E-state index contributed by atoms with van der Waals surface area (Å²) in [5, 5.41) is 2.37. The van der Waals surface area contributed by atoms with Crippen molar-refractivity contribution in [2.45, 2.75) is 43.8 Å². The predicted octanol–water partition coefficient (Wildman–Crippen LogP) is 1.92. The summed E-state index contributed by atoms with van der Waals surface area (Å²) in [5.41, 5.74) is -3.54. The van der Waals surface area contributed by atoms with Gasteiger partial charge in [0.05, 0.1) is 6.61 Å². The van der Waals surface area contributed by atoms with E-state index in [1.54, 1.807) is 26.8 Å². The van der Waals surface area contributed by atoms with E-state index in [0.29, 0.717) is 0 Å². The Kier molecular flexibility index (Phi) is 4.67. The molecule has 8 nitrogen and oxygen atoms in total. The van der Waals surface area contributed by atoms with Crippen molar-refractivity contribution >= 4 is 22.1 Å². The van der Waals surface area contributed by atoms with Gasteiger partial charge in [0.1, 0.15) is 17.0 Å². The summed E-state index contributed by atoms with van der Waals surface area (Å²) >= 11 is 0. The average Bonchev–Trinajstić information content (AvgIpc) is 2.97. The number of sulfonamides is 1. The molecule has 3 rings (SSSR count). The molecule has 1 saturated heterocycles. The first kappa shape index (κ1) is 19.6. The minimum Gasteiger partial charge on any atom is -0.444 e. The summed E-state index contributed by atoms with van der Waals surface area (Å²) < 4.78 is 51.9. The normalized spacial score (nSPS) is 26.9. The van der Waals surface area contributed by atoms with Gasteiger partial charge >= 0.3 is 6.09 Å². The molecular formula is C17H22FN3O5S. The number of hydrogen-bond donors (Lipinski definition) is 1. The smallest absolute Gasteiger partial charge is 0.414 e. The van der Waals surface area contributed by atoms with E-state index in [1.165, 1.54) is 25.2 Å². The van der Waals surface area contributed by atoms with E-state index in [1.807, 2.05) is 0 Å². The maximum Gasteiger partial charge on any atom is 0.414 e. The third-order valence-electron chi connectivity index (χ3n) is 4.35. The molecule has 10 heteroatoms. The summed E-state index contributed by atoms with van der Waals surface area (Å²) in [5.74, 6) is -0.831. The second kappa shape index (κ2) is 6.45. The van der Waals surface area contributed by atoms with Gasteiger partial charge in [0, 0.05) is 19.0 Å². The zero-order valence-electron chi connectivity index (χ0n) is 15.5. The van der Waals surface area contributed by atoms with Crippen LogP contribution in [0.4, 0.5) is 9.18 Å². The van der Waals surface area contributed by atoms with Crippen molar-refractivity contribution in [3.63, 3.8) is 0 Å². The van der Waals surface area contributed by atoms with Crippen LogP contribution in [0.5, 0.6) is 0 Å². The number of ether oxygens (including phenoxy) is 2. The summed E-state index contributed by atoms with van der Waals surface area (Å²) in [6, 6.07) is 5.82. The van der Waals surface area contributed by atoms with Gasteiger partial charge < -0.3 is 9.47 Å². The minimum absolute atomic E-state index is 0.0925. The van der Waals surface area contributed by atoms with Crippen molar-refractivity contribution in [1.82, 2.24) is 9.62 Å². The number of amides is 1. The zero-order chi connectivity index (χ0) is 20.0. The lowest BCUT2D eigenvalue weighted by Gasteiger charge is -2.39. The third kappa shape index (κ3) is 3.39. The largest absolute Gasteiger partial charge is 0.444 e. The van der Waals surface area contributed by atoms with Crippen LogP contribution in [-0.2, 0) is 25.0 Å². The Hall–Kier alpha value is -2.20. The number of alkyl carbamates (subject to hydrolysis) is 1. The average molecular weight is 399 g/mol. The van der Waals surface area contributed by atoms with E-state index >= 15 is 0 Å². The highest BCUT2D eigenvalue weighted by Crippen LogP contribution is 2.46. The molecule has 0 radical (unpaired) electrons. The topological polar surface area (TPSA) is 97.3 Å². The van der Waals surface area contributed by atoms with Crippen molar-refractivity contribution in [3.8, 4) is 0 Å². The lowest BCUT2D eigenvalue weighted by Crippen LogP contribution is -2.58. The monoisotopic (exact) mass is 399 g/mol. The number of nitrogens with zero attached hydrogens (tertiary/aromatic N) is 2. The molecule has 2 aliphatic rings. The molecule has 0 saturated carbocycles. The Morgan fingerprint density at radius 2 is 2.07 bits per heavy atom. The summed E-state index contributed by atoms with van der Waals surface area (Å²) in [7, 11) is -2.81. The van der Waals surface area contributed by atoms with Crippen molar-refractivity contribution in [2.75, 3.05) is 13.7 Å². The molecule has 1 aromatic carbocycles. The van der Waals surface area contributed by atoms with E-state index in [-0.39, 0.29) is 24.6 Å². The van der Waals surface area contributed by atoms with Crippen LogP contribution < -0.4 is 5.32 Å². The van der Waals surface area contributed by atoms with Crippen molar-refractivity contribution in [1.29, 1.82) is 0 Å².